The van der Waals surface area contributed by atoms with Crippen LogP contribution in [0.25, 0.3) is 0 Å². The molecule has 1 heterocycles. The summed E-state index contributed by atoms with van der Waals surface area (Å²) < 4.78 is 12.3. The topological polar surface area (TPSA) is 85.3 Å². The van der Waals surface area contributed by atoms with Gasteiger partial charge in [0.2, 0.25) is 0 Å². The first-order valence-electron chi connectivity index (χ1n) is 16.7. The number of aliphatic hydroxyl groups is 1. The van der Waals surface area contributed by atoms with Gasteiger partial charge in [-0.1, -0.05) is 132 Å². The third-order valence-electron chi connectivity index (χ3n) is 8.78. The molecule has 0 aliphatic carbocycles. The molecule has 0 saturated carbocycles. The van der Waals surface area contributed by atoms with Crippen LogP contribution in [0.4, 0.5) is 0 Å². The number of ether oxygens (including phenoxy) is 2. The Bertz CT molecular complexity index is 1310. The van der Waals surface area contributed by atoms with Crippen molar-refractivity contribution < 1.29 is 29.0 Å². The number of hydrogen-bond donors (Lipinski definition) is 1. The van der Waals surface area contributed by atoms with Gasteiger partial charge in [-0.25, -0.2) is 4.79 Å². The summed E-state index contributed by atoms with van der Waals surface area (Å²) in [4.78, 5) is 34.5. The van der Waals surface area contributed by atoms with Crippen molar-refractivity contribution in [1.82, 2.24) is 5.06 Å². The molecule has 0 bridgehead atoms. The van der Waals surface area contributed by atoms with Crippen LogP contribution in [0.5, 0.6) is 5.75 Å². The van der Waals surface area contributed by atoms with E-state index in [1.807, 2.05) is 58.0 Å². The molecular formula is C39H59NO6. The minimum Gasteiger partial charge on any atom is -0.465 e. The fourth-order valence-corrected chi connectivity index (χ4v) is 5.84. The lowest BCUT2D eigenvalue weighted by Crippen LogP contribution is -2.46. The van der Waals surface area contributed by atoms with E-state index in [0.29, 0.717) is 5.75 Å². The molecular weight excluding hydrogens is 578 g/mol. The van der Waals surface area contributed by atoms with Gasteiger partial charge in [0.25, 0.3) is 0 Å². The average Bonchev–Trinajstić information content (AvgIpc) is 3.34. The third kappa shape index (κ3) is 9.20. The zero-order valence-corrected chi connectivity index (χ0v) is 30.6. The van der Waals surface area contributed by atoms with E-state index in [1.165, 1.54) is 5.56 Å². The lowest BCUT2D eigenvalue weighted by atomic mass is 9.74. The molecule has 0 amide bonds. The van der Waals surface area contributed by atoms with Crippen molar-refractivity contribution in [3.05, 3.63) is 64.7 Å². The molecule has 1 fully saturated rings. The maximum absolute atomic E-state index is 14.4. The van der Waals surface area contributed by atoms with Crippen LogP contribution in [0.2, 0.25) is 0 Å². The molecule has 1 aliphatic rings. The quantitative estimate of drug-likeness (QED) is 0.209. The Kier molecular flexibility index (Phi) is 11.6. The van der Waals surface area contributed by atoms with Crippen LogP contribution in [0, 0.1) is 17.3 Å². The third-order valence-corrected chi connectivity index (χ3v) is 8.78. The van der Waals surface area contributed by atoms with Crippen molar-refractivity contribution in [1.29, 1.82) is 0 Å². The molecule has 1 saturated heterocycles. The number of carbonyl (C=O) groups excluding carboxylic acids is 2. The standard InChI is InChI=1S/C39H59NO6/c1-25(2)32-28(34(42)44-24-39(12,13)23-41)21-31(40(32)45-22-26-17-15-14-16-18-26)35(43)46-33-29(37(6,7)8)19-27(36(3,4)5)20-30(33)38(9,10)11/h14-20,25,28,31-32,41H,21-24H2,1-13H3/t28-,31-,32-/m1/s1. The molecule has 1 N–H and O–H groups in total. The summed E-state index contributed by atoms with van der Waals surface area (Å²) in [7, 11) is 0. The van der Waals surface area contributed by atoms with Crippen molar-refractivity contribution in [2.24, 2.45) is 17.3 Å². The second-order valence-corrected chi connectivity index (χ2v) is 17.2. The van der Waals surface area contributed by atoms with Crippen molar-refractivity contribution in [2.45, 2.75) is 131 Å². The maximum Gasteiger partial charge on any atom is 0.331 e. The Morgan fingerprint density at radius 3 is 1.85 bits per heavy atom. The van der Waals surface area contributed by atoms with Crippen molar-refractivity contribution in [3.63, 3.8) is 0 Å². The Labute approximate surface area is 278 Å². The van der Waals surface area contributed by atoms with Crippen molar-refractivity contribution in [2.75, 3.05) is 13.2 Å². The average molecular weight is 638 g/mol. The molecule has 0 radical (unpaired) electrons. The first-order chi connectivity index (χ1) is 21.1. The smallest absolute Gasteiger partial charge is 0.331 e. The van der Waals surface area contributed by atoms with Crippen LogP contribution in [0.3, 0.4) is 0 Å². The predicted molar refractivity (Wildman–Crippen MR) is 184 cm³/mol. The van der Waals surface area contributed by atoms with E-state index < -0.39 is 35.4 Å². The first-order valence-corrected chi connectivity index (χ1v) is 16.7. The minimum atomic E-state index is -0.831. The molecule has 0 spiro atoms. The largest absolute Gasteiger partial charge is 0.465 e. The number of hydroxylamine groups is 2. The maximum atomic E-state index is 14.4. The Morgan fingerprint density at radius 1 is 0.848 bits per heavy atom. The summed E-state index contributed by atoms with van der Waals surface area (Å²) in [5.41, 5.74) is 2.80. The van der Waals surface area contributed by atoms with Crippen LogP contribution < -0.4 is 4.74 Å². The molecule has 0 unspecified atom stereocenters. The second kappa shape index (κ2) is 14.2. The second-order valence-electron chi connectivity index (χ2n) is 17.2. The predicted octanol–water partition coefficient (Wildman–Crippen LogP) is 7.89. The Hall–Kier alpha value is -2.74. The minimum absolute atomic E-state index is 0.0293. The SMILES string of the molecule is CC(C)[C@@H]1[C@H](C(=O)OCC(C)(C)CO)C[C@H](C(=O)Oc2c(C(C)(C)C)cc(C(C)(C)C)cc2C(C)(C)C)N1OCc1ccccc1. The summed E-state index contributed by atoms with van der Waals surface area (Å²) in [6.07, 6.45) is 0.199. The van der Waals surface area contributed by atoms with Gasteiger partial charge >= 0.3 is 11.9 Å². The summed E-state index contributed by atoms with van der Waals surface area (Å²) in [6, 6.07) is 12.9. The zero-order chi connectivity index (χ0) is 34.8. The van der Waals surface area contributed by atoms with Crippen molar-refractivity contribution >= 4 is 11.9 Å². The highest BCUT2D eigenvalue weighted by Crippen LogP contribution is 2.44. The Balaban J connectivity index is 2.09. The highest BCUT2D eigenvalue weighted by atomic mass is 16.7. The van der Waals surface area contributed by atoms with E-state index in [0.717, 1.165) is 16.7 Å². The lowest BCUT2D eigenvalue weighted by Gasteiger charge is -2.34. The summed E-state index contributed by atoms with van der Waals surface area (Å²) in [6.45, 7) is 27.3. The number of hydrogen-bond acceptors (Lipinski definition) is 7. The number of esters is 2. The van der Waals surface area contributed by atoms with Gasteiger partial charge in [-0.3, -0.25) is 9.63 Å². The molecule has 7 nitrogen and oxygen atoms in total. The highest BCUT2D eigenvalue weighted by molar-refractivity contribution is 5.82. The van der Waals surface area contributed by atoms with E-state index >= 15 is 0 Å². The normalized spacial score (nSPS) is 19.8. The first kappa shape index (κ1) is 37.7. The van der Waals surface area contributed by atoms with E-state index in [9.17, 15) is 14.7 Å². The van der Waals surface area contributed by atoms with Crippen LogP contribution in [-0.2, 0) is 42.0 Å². The fourth-order valence-electron chi connectivity index (χ4n) is 5.84. The summed E-state index contributed by atoms with van der Waals surface area (Å²) in [5, 5.41) is 11.4. The molecule has 3 atom stereocenters. The molecule has 2 aromatic carbocycles. The highest BCUT2D eigenvalue weighted by Gasteiger charge is 2.52. The van der Waals surface area contributed by atoms with Crippen LogP contribution >= 0.6 is 0 Å². The van der Waals surface area contributed by atoms with E-state index in [1.54, 1.807) is 5.06 Å². The Morgan fingerprint density at radius 2 is 1.39 bits per heavy atom. The van der Waals surface area contributed by atoms with Crippen LogP contribution in [0.1, 0.15) is 119 Å². The van der Waals surface area contributed by atoms with Gasteiger partial charge in [0.1, 0.15) is 11.8 Å². The molecule has 256 valence electrons. The van der Waals surface area contributed by atoms with Crippen molar-refractivity contribution in [3.8, 4) is 5.75 Å². The molecule has 46 heavy (non-hydrogen) atoms. The van der Waals surface area contributed by atoms with E-state index in [2.05, 4.69) is 74.4 Å². The van der Waals surface area contributed by atoms with Gasteiger partial charge in [-0.2, -0.15) is 5.06 Å². The molecule has 2 aromatic rings. The van der Waals surface area contributed by atoms with Gasteiger partial charge in [0.05, 0.1) is 31.8 Å². The molecule has 3 rings (SSSR count). The van der Waals surface area contributed by atoms with E-state index in [-0.39, 0.29) is 48.4 Å². The number of rotatable bonds is 10. The van der Waals surface area contributed by atoms with Crippen LogP contribution in [-0.4, -0.2) is 47.4 Å². The fraction of sp³-hybridized carbons (Fsp3) is 0.641. The van der Waals surface area contributed by atoms with Crippen LogP contribution in [0.15, 0.2) is 42.5 Å². The number of carbonyl (C=O) groups is 2. The number of aliphatic hydroxyl groups excluding tert-OH is 1. The van der Waals surface area contributed by atoms with Gasteiger partial charge < -0.3 is 14.6 Å². The van der Waals surface area contributed by atoms with Gasteiger partial charge in [0.15, 0.2) is 0 Å². The lowest BCUT2D eigenvalue weighted by molar-refractivity contribution is -0.218. The van der Waals surface area contributed by atoms with Gasteiger partial charge in [-0.05, 0) is 39.7 Å². The van der Waals surface area contributed by atoms with E-state index in [4.69, 9.17) is 14.3 Å². The summed E-state index contributed by atoms with van der Waals surface area (Å²) >= 11 is 0. The number of benzene rings is 2. The monoisotopic (exact) mass is 637 g/mol. The van der Waals surface area contributed by atoms with Gasteiger partial charge in [-0.15, -0.1) is 0 Å². The molecule has 0 aromatic heterocycles. The zero-order valence-electron chi connectivity index (χ0n) is 30.6. The summed E-state index contributed by atoms with van der Waals surface area (Å²) in [5.74, 6) is -0.917. The molecule has 1 aliphatic heterocycles. The molecule has 7 heteroatoms. The number of nitrogens with zero attached hydrogens (tertiary/aromatic N) is 1. The van der Waals surface area contributed by atoms with Gasteiger partial charge in [0, 0.05) is 16.5 Å².